The van der Waals surface area contributed by atoms with E-state index in [-0.39, 0.29) is 24.4 Å². The van der Waals surface area contributed by atoms with Crippen LogP contribution in [0.25, 0.3) is 0 Å². The highest BCUT2D eigenvalue weighted by Gasteiger charge is 2.45. The zero-order valence-electron chi connectivity index (χ0n) is 18.0. The van der Waals surface area contributed by atoms with Gasteiger partial charge in [-0.15, -0.1) is 0 Å². The van der Waals surface area contributed by atoms with Crippen LogP contribution in [0.4, 0.5) is 0 Å². The number of esters is 2. The average molecular weight is 391 g/mol. The van der Waals surface area contributed by atoms with Crippen molar-refractivity contribution >= 4 is 11.9 Å². The molecule has 1 saturated carbocycles. The topological polar surface area (TPSA) is 61.8 Å². The minimum absolute atomic E-state index is 0.0856. The van der Waals surface area contributed by atoms with Crippen LogP contribution in [0, 0.1) is 24.7 Å². The second-order valence-electron chi connectivity index (χ2n) is 7.75. The predicted molar refractivity (Wildman–Crippen MR) is 109 cm³/mol. The van der Waals surface area contributed by atoms with E-state index in [9.17, 15) is 9.59 Å². The van der Waals surface area contributed by atoms with E-state index in [0.717, 1.165) is 24.0 Å². The molecule has 0 unspecified atom stereocenters. The van der Waals surface area contributed by atoms with Gasteiger partial charge in [-0.05, 0) is 69.6 Å². The Morgan fingerprint density at radius 2 is 1.71 bits per heavy atom. The van der Waals surface area contributed by atoms with Crippen LogP contribution >= 0.6 is 0 Å². The lowest BCUT2D eigenvalue weighted by Gasteiger charge is -2.29. The van der Waals surface area contributed by atoms with Crippen LogP contribution in [0.3, 0.4) is 0 Å². The number of ether oxygens (including phenoxy) is 3. The van der Waals surface area contributed by atoms with Crippen LogP contribution < -0.4 is 4.74 Å². The Morgan fingerprint density at radius 3 is 2.29 bits per heavy atom. The van der Waals surface area contributed by atoms with Gasteiger partial charge < -0.3 is 14.2 Å². The van der Waals surface area contributed by atoms with E-state index >= 15 is 0 Å². The quantitative estimate of drug-likeness (QED) is 0.591. The van der Waals surface area contributed by atoms with Gasteiger partial charge in [-0.1, -0.05) is 19.9 Å². The van der Waals surface area contributed by atoms with Crippen molar-refractivity contribution in [2.45, 2.75) is 60.3 Å². The summed E-state index contributed by atoms with van der Waals surface area (Å²) in [6.45, 7) is 12.9. The van der Waals surface area contributed by atoms with Gasteiger partial charge in [-0.3, -0.25) is 4.79 Å². The predicted octanol–water partition coefficient (Wildman–Crippen LogP) is 4.90. The van der Waals surface area contributed by atoms with E-state index in [4.69, 9.17) is 14.2 Å². The molecule has 0 saturated heterocycles. The van der Waals surface area contributed by atoms with Crippen molar-refractivity contribution in [3.05, 3.63) is 28.8 Å². The first-order valence-corrected chi connectivity index (χ1v) is 10.5. The first-order valence-electron chi connectivity index (χ1n) is 10.5. The molecule has 0 radical (unpaired) electrons. The Labute approximate surface area is 168 Å². The maximum absolute atomic E-state index is 12.9. The second-order valence-corrected chi connectivity index (χ2v) is 7.75. The Bertz CT molecular complexity index is 694. The molecule has 2 rings (SSSR count). The third-order valence-corrected chi connectivity index (χ3v) is 5.57. The van der Waals surface area contributed by atoms with Gasteiger partial charge in [0.2, 0.25) is 0 Å². The molecule has 0 bridgehead atoms. The molecule has 0 spiro atoms. The van der Waals surface area contributed by atoms with Crippen LogP contribution in [0.2, 0.25) is 0 Å². The summed E-state index contributed by atoms with van der Waals surface area (Å²) < 4.78 is 16.5. The first kappa shape index (κ1) is 22.3. The number of carbonyl (C=O) groups is 2. The Kier molecular flexibility index (Phi) is 7.90. The van der Waals surface area contributed by atoms with Gasteiger partial charge in [-0.2, -0.15) is 0 Å². The van der Waals surface area contributed by atoms with Crippen molar-refractivity contribution in [3.8, 4) is 5.75 Å². The molecule has 156 valence electrons. The molecule has 0 amide bonds. The summed E-state index contributed by atoms with van der Waals surface area (Å²) in [5.74, 6) is 0.305. The normalized spacial score (nSPS) is 21.6. The smallest absolute Gasteiger partial charge is 0.342 e. The molecule has 1 aliphatic carbocycles. The number of hydrogen-bond donors (Lipinski definition) is 0. The third kappa shape index (κ3) is 4.68. The van der Waals surface area contributed by atoms with Gasteiger partial charge in [0, 0.05) is 5.92 Å². The molecule has 28 heavy (non-hydrogen) atoms. The molecule has 3 atom stereocenters. The van der Waals surface area contributed by atoms with E-state index in [1.54, 1.807) is 6.92 Å². The van der Waals surface area contributed by atoms with Crippen molar-refractivity contribution in [1.82, 2.24) is 0 Å². The van der Waals surface area contributed by atoms with Gasteiger partial charge in [-0.25, -0.2) is 4.79 Å². The third-order valence-electron chi connectivity index (χ3n) is 5.57. The average Bonchev–Trinajstić information content (AvgIpc) is 3.07. The van der Waals surface area contributed by atoms with E-state index in [1.807, 2.05) is 32.9 Å². The lowest BCUT2D eigenvalue weighted by Crippen LogP contribution is -2.27. The zero-order chi connectivity index (χ0) is 20.8. The molecular weight excluding hydrogens is 356 g/mol. The van der Waals surface area contributed by atoms with Gasteiger partial charge in [0.1, 0.15) is 11.3 Å². The lowest BCUT2D eigenvalue weighted by molar-refractivity contribution is -0.148. The Balaban J connectivity index is 2.65. The van der Waals surface area contributed by atoms with Crippen molar-refractivity contribution in [2.24, 2.45) is 17.8 Å². The van der Waals surface area contributed by atoms with Crippen molar-refractivity contribution in [2.75, 3.05) is 19.8 Å². The van der Waals surface area contributed by atoms with Crippen molar-refractivity contribution in [1.29, 1.82) is 0 Å². The summed E-state index contributed by atoms with van der Waals surface area (Å²) in [6, 6.07) is 3.89. The van der Waals surface area contributed by atoms with E-state index in [2.05, 4.69) is 13.8 Å². The molecule has 5 nitrogen and oxygen atoms in total. The number of rotatable bonds is 8. The fourth-order valence-electron chi connectivity index (χ4n) is 4.47. The number of hydrogen-bond acceptors (Lipinski definition) is 5. The zero-order valence-corrected chi connectivity index (χ0v) is 18.0. The summed E-state index contributed by atoms with van der Waals surface area (Å²) >= 11 is 0. The summed E-state index contributed by atoms with van der Waals surface area (Å²) in [6.07, 6.45) is 1.71. The summed E-state index contributed by atoms with van der Waals surface area (Å²) in [5, 5.41) is 0. The maximum Gasteiger partial charge on any atom is 0.342 e. The molecular formula is C23H34O5. The van der Waals surface area contributed by atoms with Crippen LogP contribution in [0.5, 0.6) is 5.75 Å². The van der Waals surface area contributed by atoms with Gasteiger partial charge in [0.05, 0.1) is 25.7 Å². The molecule has 0 N–H and O–H groups in total. The Hall–Kier alpha value is -2.04. The number of benzene rings is 1. The lowest BCUT2D eigenvalue weighted by atomic mass is 9.76. The molecule has 1 fully saturated rings. The van der Waals surface area contributed by atoms with Crippen LogP contribution in [0.15, 0.2) is 12.1 Å². The maximum atomic E-state index is 12.9. The van der Waals surface area contributed by atoms with Crippen LogP contribution in [-0.2, 0) is 14.3 Å². The standard InChI is InChI=1S/C23H34O5/c1-7-26-19-13-15(6)12-18(21(19)23(25)28-9-3)20-16(14(4)5)10-11-17(20)22(24)27-8-2/h12-14,16-17,20H,7-11H2,1-6H3/t16-,17+,20-/m0/s1. The highest BCUT2D eigenvalue weighted by molar-refractivity contribution is 5.95. The van der Waals surface area contributed by atoms with Crippen LogP contribution in [-0.4, -0.2) is 31.8 Å². The minimum Gasteiger partial charge on any atom is -0.493 e. The molecule has 5 heteroatoms. The van der Waals surface area contributed by atoms with E-state index < -0.39 is 5.97 Å². The summed E-state index contributed by atoms with van der Waals surface area (Å²) in [7, 11) is 0. The molecule has 1 aliphatic rings. The molecule has 1 aromatic rings. The fourth-order valence-corrected chi connectivity index (χ4v) is 4.47. The SMILES string of the molecule is CCOC(=O)c1c(OCC)cc(C)cc1[C@@H]1[C@H](C(=O)OCC)CC[C@H]1C(C)C. The van der Waals surface area contributed by atoms with Gasteiger partial charge >= 0.3 is 11.9 Å². The van der Waals surface area contributed by atoms with Gasteiger partial charge in [0.15, 0.2) is 0 Å². The minimum atomic E-state index is -0.391. The highest BCUT2D eigenvalue weighted by Crippen LogP contribution is 2.50. The van der Waals surface area contributed by atoms with Gasteiger partial charge in [0.25, 0.3) is 0 Å². The second kappa shape index (κ2) is 9.94. The van der Waals surface area contributed by atoms with Crippen LogP contribution in [0.1, 0.15) is 74.9 Å². The number of aryl methyl sites for hydroxylation is 1. The largest absolute Gasteiger partial charge is 0.493 e. The van der Waals surface area contributed by atoms with Crippen molar-refractivity contribution < 1.29 is 23.8 Å². The highest BCUT2D eigenvalue weighted by atomic mass is 16.5. The van der Waals surface area contributed by atoms with Crippen molar-refractivity contribution in [3.63, 3.8) is 0 Å². The summed E-state index contributed by atoms with van der Waals surface area (Å²) in [5.41, 5.74) is 2.32. The monoisotopic (exact) mass is 390 g/mol. The number of carbonyl (C=O) groups excluding carboxylic acids is 2. The Morgan fingerprint density at radius 1 is 1.04 bits per heavy atom. The van der Waals surface area contributed by atoms with E-state index in [1.165, 1.54) is 0 Å². The fraction of sp³-hybridized carbons (Fsp3) is 0.652. The molecule has 0 aliphatic heterocycles. The van der Waals surface area contributed by atoms with E-state index in [0.29, 0.717) is 36.4 Å². The molecule has 1 aromatic carbocycles. The first-order chi connectivity index (χ1) is 13.3. The molecule has 0 heterocycles. The summed E-state index contributed by atoms with van der Waals surface area (Å²) in [4.78, 5) is 25.6. The molecule has 0 aromatic heterocycles.